The average molecular weight is 500 g/mol. The molecule has 3 aromatic rings. The Morgan fingerprint density at radius 2 is 1.19 bits per heavy atom. The number of rotatable bonds is 4. The molecule has 0 radical (unpaired) electrons. The monoisotopic (exact) mass is 500 g/mol. The van der Waals surface area contributed by atoms with Crippen molar-refractivity contribution in [1.29, 1.82) is 0 Å². The number of nitrogens with one attached hydrogen (secondary N) is 1. The number of hydrogen-bond acceptors (Lipinski definition) is 8. The van der Waals surface area contributed by atoms with Crippen LogP contribution in [0.3, 0.4) is 0 Å². The third-order valence-corrected chi connectivity index (χ3v) is 6.19. The number of H-pyrrole nitrogens is 1. The van der Waals surface area contributed by atoms with Crippen LogP contribution in [-0.4, -0.2) is 82.4 Å². The number of aromatic hydroxyl groups is 1. The summed E-state index contributed by atoms with van der Waals surface area (Å²) >= 11 is 0. The van der Waals surface area contributed by atoms with Crippen LogP contribution >= 0.6 is 0 Å². The minimum Gasteiger partial charge on any atom is -0.744 e. The molecule has 2 aromatic carbocycles. The molecule has 2 N–H and O–H groups in total. The smallest absolute Gasteiger partial charge is 0.744 e. The van der Waals surface area contributed by atoms with Crippen LogP contribution in [0.1, 0.15) is 21.5 Å². The quantitative estimate of drug-likeness (QED) is 0.382. The molecular weight excluding hydrogens is 490 g/mol. The molecule has 0 saturated carbocycles. The molecular formula is C18H10Al2N2O8S2+4. The number of amides is 1. The Balaban J connectivity index is 0.00000181. The number of aromatic nitrogens is 1. The van der Waals surface area contributed by atoms with Crippen LogP contribution in [-0.2, 0) is 20.2 Å². The van der Waals surface area contributed by atoms with Gasteiger partial charge in [-0.3, -0.25) is 4.79 Å². The van der Waals surface area contributed by atoms with E-state index in [2.05, 4.69) is 9.98 Å². The summed E-state index contributed by atoms with van der Waals surface area (Å²) < 4.78 is 66.5. The van der Waals surface area contributed by atoms with Crippen molar-refractivity contribution in [1.82, 2.24) is 4.98 Å². The van der Waals surface area contributed by atoms with E-state index in [9.17, 15) is 35.8 Å². The van der Waals surface area contributed by atoms with E-state index in [4.69, 9.17) is 0 Å². The molecule has 0 saturated heterocycles. The van der Waals surface area contributed by atoms with Crippen LogP contribution < -0.4 is 0 Å². The van der Waals surface area contributed by atoms with E-state index in [0.29, 0.717) is 11.1 Å². The molecule has 4 rings (SSSR count). The average Bonchev–Trinajstić information content (AvgIpc) is 3.19. The van der Waals surface area contributed by atoms with E-state index in [1.54, 1.807) is 0 Å². The molecule has 2 heterocycles. The molecule has 0 bridgehead atoms. The van der Waals surface area contributed by atoms with Crippen LogP contribution in [0.2, 0.25) is 0 Å². The molecule has 0 spiro atoms. The van der Waals surface area contributed by atoms with Crippen LogP contribution in [0.4, 0.5) is 0 Å². The normalized spacial score (nSPS) is 13.1. The van der Waals surface area contributed by atoms with Crippen LogP contribution in [0.25, 0.3) is 11.3 Å². The van der Waals surface area contributed by atoms with Gasteiger partial charge in [0.25, 0.3) is 5.91 Å². The van der Waals surface area contributed by atoms with Gasteiger partial charge in [-0.2, -0.15) is 0 Å². The summed E-state index contributed by atoms with van der Waals surface area (Å²) in [6, 6.07) is 9.45. The zero-order valence-electron chi connectivity index (χ0n) is 15.8. The number of hydrogen-bond donors (Lipinski definition) is 2. The van der Waals surface area contributed by atoms with Crippen molar-refractivity contribution in [3.63, 3.8) is 0 Å². The van der Waals surface area contributed by atoms with E-state index in [1.165, 1.54) is 24.3 Å². The Bertz CT molecular complexity index is 1440. The Labute approximate surface area is 203 Å². The first-order valence-electron chi connectivity index (χ1n) is 8.18. The zero-order chi connectivity index (χ0) is 21.8. The first-order valence-corrected chi connectivity index (χ1v) is 11.0. The maximum Gasteiger partial charge on any atom is 3.00 e. The number of benzene rings is 2. The van der Waals surface area contributed by atoms with Gasteiger partial charge < -0.3 is 19.2 Å². The number of carbonyl (C=O) groups excluding carboxylic acids is 1. The van der Waals surface area contributed by atoms with Gasteiger partial charge >= 0.3 is 34.7 Å². The van der Waals surface area contributed by atoms with Crippen molar-refractivity contribution in [3.8, 4) is 17.1 Å². The first kappa shape index (κ1) is 26.0. The molecule has 0 unspecified atom stereocenters. The molecule has 1 aliphatic rings. The summed E-state index contributed by atoms with van der Waals surface area (Å²) in [5.74, 6) is -1.07. The van der Waals surface area contributed by atoms with Crippen LogP contribution in [0, 0.1) is 0 Å². The molecule has 32 heavy (non-hydrogen) atoms. The Morgan fingerprint density at radius 1 is 0.750 bits per heavy atom. The number of aliphatic imine (C=N–C) groups is 1. The maximum absolute atomic E-state index is 12.5. The van der Waals surface area contributed by atoms with E-state index in [-0.39, 0.29) is 63.1 Å². The summed E-state index contributed by atoms with van der Waals surface area (Å²) in [5, 5.41) is 10.4. The second-order valence-corrected chi connectivity index (χ2v) is 9.08. The zero-order valence-corrected chi connectivity index (χ0v) is 19.8. The van der Waals surface area contributed by atoms with E-state index >= 15 is 0 Å². The number of nitrogens with zero attached hydrogens (tertiary/aromatic N) is 1. The van der Waals surface area contributed by atoms with Gasteiger partial charge in [-0.1, -0.05) is 24.3 Å². The standard InChI is InChI=1S/C18H12N2O8S2.2Al/c21-17-13-14(16(20-17)10-3-7-12(8-4-10)30(26,27)28)18(22)19-15(13)9-1-5-11(6-2-9)29(23,24)25;;/h1-8,19,22H,(H,23,24,25)(H,26,27,28);;/q;2*+3/p-2. The Kier molecular flexibility index (Phi) is 7.27. The third kappa shape index (κ3) is 4.59. The first-order chi connectivity index (χ1) is 14.0. The van der Waals surface area contributed by atoms with Crippen molar-refractivity contribution in [2.24, 2.45) is 4.99 Å². The van der Waals surface area contributed by atoms with E-state index < -0.39 is 35.9 Å². The van der Waals surface area contributed by atoms with Gasteiger partial charge in [-0.25, -0.2) is 21.8 Å². The molecule has 14 heteroatoms. The Morgan fingerprint density at radius 3 is 1.62 bits per heavy atom. The predicted molar refractivity (Wildman–Crippen MR) is 112 cm³/mol. The van der Waals surface area contributed by atoms with Crippen molar-refractivity contribution in [3.05, 3.63) is 65.2 Å². The van der Waals surface area contributed by atoms with Crippen LogP contribution in [0.5, 0.6) is 5.88 Å². The van der Waals surface area contributed by atoms with Gasteiger partial charge in [-0.15, -0.1) is 0 Å². The number of aromatic amines is 1. The fourth-order valence-corrected chi connectivity index (χ4v) is 4.08. The molecule has 154 valence electrons. The summed E-state index contributed by atoms with van der Waals surface area (Å²) in [5.41, 5.74) is 0.970. The molecule has 1 aromatic heterocycles. The SMILES string of the molecule is O=C1N=C(c2ccc(S(=O)(=O)[O-])cc2)c2c(O)[nH]c(-c3ccc(S(=O)(=O)[O-])cc3)c21.[Al+3].[Al+3]. The molecule has 10 nitrogen and oxygen atoms in total. The fourth-order valence-electron chi connectivity index (χ4n) is 3.14. The topological polar surface area (TPSA) is 180 Å². The molecule has 0 fully saturated rings. The number of carbonyl (C=O) groups is 1. The largest absolute Gasteiger partial charge is 3.00 e. The van der Waals surface area contributed by atoms with Crippen molar-refractivity contribution >= 4 is 66.6 Å². The van der Waals surface area contributed by atoms with Crippen molar-refractivity contribution < 1.29 is 35.8 Å². The Hall–Kier alpha value is -2.26. The molecule has 0 atom stereocenters. The second-order valence-electron chi connectivity index (χ2n) is 6.32. The summed E-state index contributed by atoms with van der Waals surface area (Å²) in [7, 11) is -9.29. The van der Waals surface area contributed by atoms with Gasteiger partial charge in [0, 0.05) is 5.56 Å². The van der Waals surface area contributed by atoms with E-state index in [0.717, 1.165) is 24.3 Å². The summed E-state index contributed by atoms with van der Waals surface area (Å²) in [6.45, 7) is 0. The second kappa shape index (κ2) is 8.94. The summed E-state index contributed by atoms with van der Waals surface area (Å²) in [4.78, 5) is 18.1. The molecule has 1 amide bonds. The van der Waals surface area contributed by atoms with Gasteiger partial charge in [0.1, 0.15) is 20.2 Å². The fraction of sp³-hybridized carbons (Fsp3) is 0. The van der Waals surface area contributed by atoms with E-state index in [1.807, 2.05) is 0 Å². The van der Waals surface area contributed by atoms with Gasteiger partial charge in [0.2, 0.25) is 0 Å². The van der Waals surface area contributed by atoms with Gasteiger partial charge in [0.15, 0.2) is 5.88 Å². The summed E-state index contributed by atoms with van der Waals surface area (Å²) in [6.07, 6.45) is 0. The van der Waals surface area contributed by atoms with Crippen LogP contribution in [0.15, 0.2) is 63.3 Å². The third-order valence-electron chi connectivity index (χ3n) is 4.49. The van der Waals surface area contributed by atoms with Crippen molar-refractivity contribution in [2.75, 3.05) is 0 Å². The minimum atomic E-state index is -4.65. The molecule has 0 aliphatic carbocycles. The predicted octanol–water partition coefficient (Wildman–Crippen LogP) is 0.425. The van der Waals surface area contributed by atoms with Crippen molar-refractivity contribution in [2.45, 2.75) is 9.79 Å². The van der Waals surface area contributed by atoms with Gasteiger partial charge in [-0.05, 0) is 29.8 Å². The van der Waals surface area contributed by atoms with Gasteiger partial charge in [0.05, 0.1) is 32.3 Å². The maximum atomic E-state index is 12.5. The number of fused-ring (bicyclic) bond motifs is 1. The molecule has 1 aliphatic heterocycles. The minimum absolute atomic E-state index is 0.